The van der Waals surface area contributed by atoms with Gasteiger partial charge in [0.2, 0.25) is 0 Å². The summed E-state index contributed by atoms with van der Waals surface area (Å²) in [5, 5.41) is 22.5. The zero-order valence-corrected chi connectivity index (χ0v) is 13.3. The first kappa shape index (κ1) is 17.9. The van der Waals surface area contributed by atoms with E-state index >= 15 is 0 Å². The molecule has 1 atom stereocenters. The number of nitrogens with zero attached hydrogens (tertiary/aromatic N) is 1. The van der Waals surface area contributed by atoms with E-state index in [0.29, 0.717) is 5.56 Å². The van der Waals surface area contributed by atoms with Crippen molar-refractivity contribution in [1.82, 2.24) is 0 Å². The van der Waals surface area contributed by atoms with Crippen LogP contribution in [-0.2, 0) is 20.7 Å². The number of aromatic hydroxyl groups is 1. The number of para-hydroxylation sites is 2. The number of carbonyl (C=O) groups excluding carboxylic acids is 2. The third-order valence-corrected chi connectivity index (χ3v) is 3.32. The molecule has 0 fully saturated rings. The standard InChI is InChI=1S/C17H16N2O6/c1-11(25-16(21)10-12-6-8-13(20)9-7-12)17(22)18-14-4-2-3-5-15(14)19(23)24/h2-9,11,20H,10H2,1H3,(H,18,22)/t11-/m1/s1. The van der Waals surface area contributed by atoms with E-state index in [4.69, 9.17) is 4.74 Å². The Hall–Kier alpha value is -3.42. The first-order valence-corrected chi connectivity index (χ1v) is 7.38. The van der Waals surface area contributed by atoms with Crippen molar-refractivity contribution < 1.29 is 24.4 Å². The lowest BCUT2D eigenvalue weighted by atomic mass is 10.1. The molecule has 0 spiro atoms. The van der Waals surface area contributed by atoms with E-state index in [1.807, 2.05) is 0 Å². The van der Waals surface area contributed by atoms with Crippen LogP contribution >= 0.6 is 0 Å². The number of amides is 1. The number of phenolic OH excluding ortho intramolecular Hbond substituents is 1. The van der Waals surface area contributed by atoms with Gasteiger partial charge < -0.3 is 15.2 Å². The van der Waals surface area contributed by atoms with Gasteiger partial charge in [0.15, 0.2) is 6.10 Å². The van der Waals surface area contributed by atoms with Gasteiger partial charge in [0.05, 0.1) is 11.3 Å². The van der Waals surface area contributed by atoms with Gasteiger partial charge >= 0.3 is 5.97 Å². The van der Waals surface area contributed by atoms with Crippen molar-refractivity contribution in [1.29, 1.82) is 0 Å². The minimum atomic E-state index is -1.12. The molecule has 130 valence electrons. The molecule has 2 aromatic rings. The number of carbonyl (C=O) groups is 2. The lowest BCUT2D eigenvalue weighted by molar-refractivity contribution is -0.383. The molecule has 0 saturated carbocycles. The molecule has 0 bridgehead atoms. The molecule has 0 unspecified atom stereocenters. The van der Waals surface area contributed by atoms with Crippen molar-refractivity contribution in [2.45, 2.75) is 19.4 Å². The smallest absolute Gasteiger partial charge is 0.311 e. The van der Waals surface area contributed by atoms with Crippen LogP contribution in [0.15, 0.2) is 48.5 Å². The molecule has 25 heavy (non-hydrogen) atoms. The largest absolute Gasteiger partial charge is 0.508 e. The van der Waals surface area contributed by atoms with Gasteiger partial charge in [-0.15, -0.1) is 0 Å². The quantitative estimate of drug-likeness (QED) is 0.472. The summed E-state index contributed by atoms with van der Waals surface area (Å²) < 4.78 is 5.04. The molecule has 2 aromatic carbocycles. The third kappa shape index (κ3) is 5.03. The average molecular weight is 344 g/mol. The molecule has 2 rings (SSSR count). The van der Waals surface area contributed by atoms with Crippen molar-refractivity contribution in [2.75, 3.05) is 5.32 Å². The molecule has 0 radical (unpaired) electrons. The van der Waals surface area contributed by atoms with Crippen LogP contribution in [0.3, 0.4) is 0 Å². The number of benzene rings is 2. The summed E-state index contributed by atoms with van der Waals surface area (Å²) in [5.41, 5.74) is 0.395. The fourth-order valence-corrected chi connectivity index (χ4v) is 2.05. The summed E-state index contributed by atoms with van der Waals surface area (Å²) in [5.74, 6) is -1.22. The highest BCUT2D eigenvalue weighted by molar-refractivity contribution is 5.96. The summed E-state index contributed by atoms with van der Waals surface area (Å²) in [4.78, 5) is 34.3. The van der Waals surface area contributed by atoms with Crippen LogP contribution in [0.2, 0.25) is 0 Å². The maximum atomic E-state index is 12.1. The zero-order chi connectivity index (χ0) is 18.4. The summed E-state index contributed by atoms with van der Waals surface area (Å²) >= 11 is 0. The number of ether oxygens (including phenoxy) is 1. The van der Waals surface area contributed by atoms with Crippen LogP contribution in [0.25, 0.3) is 0 Å². The van der Waals surface area contributed by atoms with Crippen molar-refractivity contribution in [3.05, 3.63) is 64.2 Å². The van der Waals surface area contributed by atoms with Gasteiger partial charge in [0, 0.05) is 6.07 Å². The first-order valence-electron chi connectivity index (χ1n) is 7.38. The van der Waals surface area contributed by atoms with Crippen molar-refractivity contribution >= 4 is 23.3 Å². The molecule has 0 aliphatic carbocycles. The van der Waals surface area contributed by atoms with Gasteiger partial charge in [-0.1, -0.05) is 24.3 Å². The van der Waals surface area contributed by atoms with Crippen LogP contribution in [0.1, 0.15) is 12.5 Å². The zero-order valence-electron chi connectivity index (χ0n) is 13.3. The molecular weight excluding hydrogens is 328 g/mol. The lowest BCUT2D eigenvalue weighted by Gasteiger charge is -2.13. The lowest BCUT2D eigenvalue weighted by Crippen LogP contribution is -2.30. The second-order valence-corrected chi connectivity index (χ2v) is 5.24. The van der Waals surface area contributed by atoms with Crippen LogP contribution in [0.4, 0.5) is 11.4 Å². The number of nitrogens with one attached hydrogen (secondary N) is 1. The first-order chi connectivity index (χ1) is 11.9. The van der Waals surface area contributed by atoms with E-state index in [0.717, 1.165) is 0 Å². The Kier molecular flexibility index (Phi) is 5.67. The minimum Gasteiger partial charge on any atom is -0.508 e. The Bertz CT molecular complexity index is 788. The number of nitro groups is 1. The Morgan fingerprint density at radius 1 is 1.20 bits per heavy atom. The van der Waals surface area contributed by atoms with E-state index in [2.05, 4.69) is 5.32 Å². The number of rotatable bonds is 6. The maximum absolute atomic E-state index is 12.1. The maximum Gasteiger partial charge on any atom is 0.311 e. The van der Waals surface area contributed by atoms with Crippen LogP contribution in [0.5, 0.6) is 5.75 Å². The Labute approximate surface area is 143 Å². The van der Waals surface area contributed by atoms with E-state index in [1.54, 1.807) is 18.2 Å². The fraction of sp³-hybridized carbons (Fsp3) is 0.176. The molecule has 0 aromatic heterocycles. The van der Waals surface area contributed by atoms with E-state index in [9.17, 15) is 24.8 Å². The van der Waals surface area contributed by atoms with Gasteiger partial charge in [-0.2, -0.15) is 0 Å². The number of phenols is 1. The molecule has 0 aliphatic heterocycles. The molecule has 0 saturated heterocycles. The van der Waals surface area contributed by atoms with Crippen molar-refractivity contribution in [2.24, 2.45) is 0 Å². The normalized spacial score (nSPS) is 11.4. The van der Waals surface area contributed by atoms with Gasteiger partial charge in [-0.25, -0.2) is 0 Å². The summed E-state index contributed by atoms with van der Waals surface area (Å²) in [6.07, 6.45) is -1.19. The molecule has 8 nitrogen and oxygen atoms in total. The monoisotopic (exact) mass is 344 g/mol. The molecule has 2 N–H and O–H groups in total. The van der Waals surface area contributed by atoms with Crippen LogP contribution in [-0.4, -0.2) is 28.0 Å². The van der Waals surface area contributed by atoms with Crippen LogP contribution in [0, 0.1) is 10.1 Å². The fourth-order valence-electron chi connectivity index (χ4n) is 2.05. The highest BCUT2D eigenvalue weighted by atomic mass is 16.6. The van der Waals surface area contributed by atoms with Gasteiger partial charge in [0.1, 0.15) is 11.4 Å². The molecular formula is C17H16N2O6. The molecule has 0 heterocycles. The second-order valence-electron chi connectivity index (χ2n) is 5.24. The number of nitro benzene ring substituents is 1. The second kappa shape index (κ2) is 7.91. The predicted molar refractivity (Wildman–Crippen MR) is 89.1 cm³/mol. The van der Waals surface area contributed by atoms with Gasteiger partial charge in [-0.05, 0) is 30.7 Å². The topological polar surface area (TPSA) is 119 Å². The van der Waals surface area contributed by atoms with Crippen molar-refractivity contribution in [3.8, 4) is 5.75 Å². The number of hydrogen-bond donors (Lipinski definition) is 2. The Morgan fingerprint density at radius 3 is 2.48 bits per heavy atom. The van der Waals surface area contributed by atoms with Crippen LogP contribution < -0.4 is 5.32 Å². The molecule has 1 amide bonds. The Morgan fingerprint density at radius 2 is 1.84 bits per heavy atom. The van der Waals surface area contributed by atoms with Gasteiger partial charge in [0.25, 0.3) is 11.6 Å². The van der Waals surface area contributed by atoms with Gasteiger partial charge in [-0.3, -0.25) is 19.7 Å². The van der Waals surface area contributed by atoms with E-state index in [1.165, 1.54) is 37.3 Å². The molecule has 0 aliphatic rings. The molecule has 8 heteroatoms. The SMILES string of the molecule is C[C@@H](OC(=O)Cc1ccc(O)cc1)C(=O)Nc1ccccc1[N+](=O)[O-]. The summed E-state index contributed by atoms with van der Waals surface area (Å²) in [7, 11) is 0. The number of esters is 1. The number of anilines is 1. The highest BCUT2D eigenvalue weighted by Gasteiger charge is 2.21. The van der Waals surface area contributed by atoms with Crippen molar-refractivity contribution in [3.63, 3.8) is 0 Å². The number of hydrogen-bond acceptors (Lipinski definition) is 6. The summed E-state index contributed by atoms with van der Waals surface area (Å²) in [6, 6.07) is 11.7. The third-order valence-electron chi connectivity index (χ3n) is 3.32. The van der Waals surface area contributed by atoms with E-state index < -0.39 is 22.9 Å². The average Bonchev–Trinajstić information content (AvgIpc) is 2.57. The predicted octanol–water partition coefficient (Wildman–Crippen LogP) is 2.41. The minimum absolute atomic E-state index is 0.0268. The Balaban J connectivity index is 1.95. The summed E-state index contributed by atoms with van der Waals surface area (Å²) in [6.45, 7) is 1.37. The van der Waals surface area contributed by atoms with E-state index in [-0.39, 0.29) is 23.5 Å². The highest BCUT2D eigenvalue weighted by Crippen LogP contribution is 2.23.